The Labute approximate surface area is 105 Å². The van der Waals surface area contributed by atoms with Gasteiger partial charge in [0.05, 0.1) is 23.8 Å². The molecule has 0 saturated carbocycles. The minimum atomic E-state index is 0.602. The summed E-state index contributed by atoms with van der Waals surface area (Å²) in [6.07, 6.45) is 4.77. The van der Waals surface area contributed by atoms with Crippen molar-refractivity contribution in [2.45, 2.75) is 6.92 Å². The van der Waals surface area contributed by atoms with Crippen molar-refractivity contribution in [2.24, 2.45) is 0 Å². The van der Waals surface area contributed by atoms with Crippen molar-refractivity contribution in [3.05, 3.63) is 54.2 Å². The lowest BCUT2D eigenvalue weighted by Crippen LogP contribution is -1.91. The minimum Gasteiger partial charge on any atom is -0.465 e. The van der Waals surface area contributed by atoms with Crippen LogP contribution in [0.2, 0.25) is 5.02 Å². The zero-order valence-corrected chi connectivity index (χ0v) is 10.1. The summed E-state index contributed by atoms with van der Waals surface area (Å²) in [6, 6.07) is 5.36. The third-order valence-corrected chi connectivity index (χ3v) is 2.45. The van der Waals surface area contributed by atoms with Gasteiger partial charge in [-0.15, -0.1) is 0 Å². The summed E-state index contributed by atoms with van der Waals surface area (Å²) in [7, 11) is 0. The highest BCUT2D eigenvalue weighted by Gasteiger charge is 2.08. The Morgan fingerprint density at radius 2 is 2.12 bits per heavy atom. The van der Waals surface area contributed by atoms with Gasteiger partial charge in [0, 0.05) is 22.8 Å². The lowest BCUT2D eigenvalue weighted by Gasteiger charge is -2.08. The quantitative estimate of drug-likeness (QED) is 0.776. The van der Waals surface area contributed by atoms with Crippen LogP contribution in [0.25, 0.3) is 11.3 Å². The summed E-state index contributed by atoms with van der Waals surface area (Å²) >= 11 is 5.91. The molecule has 1 aromatic heterocycles. The van der Waals surface area contributed by atoms with Crippen LogP contribution in [0.3, 0.4) is 0 Å². The van der Waals surface area contributed by atoms with E-state index in [4.69, 9.17) is 16.3 Å². The number of aromatic nitrogens is 2. The fourth-order valence-electron chi connectivity index (χ4n) is 1.43. The topological polar surface area (TPSA) is 35.0 Å². The Bertz CT molecular complexity index is 538. The monoisotopic (exact) mass is 246 g/mol. The molecule has 0 N–H and O–H groups in total. The molecule has 86 valence electrons. The average molecular weight is 247 g/mol. The molecule has 1 aromatic carbocycles. The maximum absolute atomic E-state index is 5.91. The van der Waals surface area contributed by atoms with E-state index >= 15 is 0 Å². The normalized spacial score (nSPS) is 10.0. The number of hydrogen-bond donors (Lipinski definition) is 0. The Morgan fingerprint density at radius 1 is 1.29 bits per heavy atom. The van der Waals surface area contributed by atoms with Crippen molar-refractivity contribution in [3.8, 4) is 17.0 Å². The third-order valence-electron chi connectivity index (χ3n) is 2.21. The first-order chi connectivity index (χ1) is 8.20. The second kappa shape index (κ2) is 4.97. The molecule has 2 rings (SSSR count). The van der Waals surface area contributed by atoms with Crippen molar-refractivity contribution in [3.63, 3.8) is 0 Å². The Kier molecular flexibility index (Phi) is 3.40. The van der Waals surface area contributed by atoms with Gasteiger partial charge in [-0.2, -0.15) is 0 Å². The molecular formula is C13H11ClN2O. The number of nitrogens with zero attached hydrogens (tertiary/aromatic N) is 2. The largest absolute Gasteiger partial charge is 0.465 e. The highest BCUT2D eigenvalue weighted by atomic mass is 35.5. The van der Waals surface area contributed by atoms with Crippen LogP contribution in [0.15, 0.2) is 43.4 Å². The minimum absolute atomic E-state index is 0.602. The van der Waals surface area contributed by atoms with Crippen LogP contribution in [0.1, 0.15) is 5.69 Å². The highest BCUT2D eigenvalue weighted by molar-refractivity contribution is 6.30. The van der Waals surface area contributed by atoms with Crippen molar-refractivity contribution >= 4 is 11.6 Å². The predicted molar refractivity (Wildman–Crippen MR) is 68.0 cm³/mol. The SMILES string of the molecule is C=COc1cc(Cl)ccc1-c1cnc(C)cn1. The molecule has 17 heavy (non-hydrogen) atoms. The van der Waals surface area contributed by atoms with Crippen LogP contribution < -0.4 is 4.74 Å². The van der Waals surface area contributed by atoms with E-state index in [9.17, 15) is 0 Å². The Balaban J connectivity index is 2.50. The summed E-state index contributed by atoms with van der Waals surface area (Å²) in [6.45, 7) is 5.42. The molecule has 0 aliphatic heterocycles. The number of aryl methyl sites for hydroxylation is 1. The van der Waals surface area contributed by atoms with Gasteiger partial charge in [-0.3, -0.25) is 9.97 Å². The molecule has 0 amide bonds. The van der Waals surface area contributed by atoms with Crippen molar-refractivity contribution < 1.29 is 4.74 Å². The van der Waals surface area contributed by atoms with Gasteiger partial charge >= 0.3 is 0 Å². The molecule has 1 heterocycles. The molecule has 0 radical (unpaired) electrons. The van der Waals surface area contributed by atoms with E-state index in [1.807, 2.05) is 13.0 Å². The van der Waals surface area contributed by atoms with E-state index < -0.39 is 0 Å². The molecule has 4 heteroatoms. The van der Waals surface area contributed by atoms with E-state index in [0.29, 0.717) is 10.8 Å². The predicted octanol–water partition coefficient (Wildman–Crippen LogP) is 3.63. The highest BCUT2D eigenvalue weighted by Crippen LogP contribution is 2.31. The van der Waals surface area contributed by atoms with Crippen LogP contribution in [0.4, 0.5) is 0 Å². The summed E-state index contributed by atoms with van der Waals surface area (Å²) in [4.78, 5) is 8.50. The van der Waals surface area contributed by atoms with Gasteiger partial charge in [-0.05, 0) is 19.1 Å². The third kappa shape index (κ3) is 2.63. The van der Waals surface area contributed by atoms with E-state index in [2.05, 4.69) is 16.5 Å². The zero-order valence-electron chi connectivity index (χ0n) is 9.35. The second-order valence-electron chi connectivity index (χ2n) is 3.47. The average Bonchev–Trinajstić information content (AvgIpc) is 2.31. The number of rotatable bonds is 3. The summed E-state index contributed by atoms with van der Waals surface area (Å²) in [5.41, 5.74) is 2.44. The van der Waals surface area contributed by atoms with E-state index in [0.717, 1.165) is 17.0 Å². The molecule has 0 aliphatic carbocycles. The van der Waals surface area contributed by atoms with Crippen LogP contribution in [0, 0.1) is 6.92 Å². The summed E-state index contributed by atoms with van der Waals surface area (Å²) in [5, 5.41) is 0.602. The molecule has 2 aromatic rings. The van der Waals surface area contributed by atoms with Gasteiger partial charge in [-0.25, -0.2) is 0 Å². The fraction of sp³-hybridized carbons (Fsp3) is 0.0769. The molecule has 0 bridgehead atoms. The zero-order chi connectivity index (χ0) is 12.3. The van der Waals surface area contributed by atoms with E-state index in [1.54, 1.807) is 24.5 Å². The molecule has 0 aliphatic rings. The lowest BCUT2D eigenvalue weighted by molar-refractivity contribution is 0.485. The second-order valence-corrected chi connectivity index (χ2v) is 3.90. The molecule has 0 atom stereocenters. The summed E-state index contributed by atoms with van der Waals surface area (Å²) in [5.74, 6) is 0.616. The fourth-order valence-corrected chi connectivity index (χ4v) is 1.59. The summed E-state index contributed by atoms with van der Waals surface area (Å²) < 4.78 is 5.31. The van der Waals surface area contributed by atoms with Gasteiger partial charge in [0.25, 0.3) is 0 Å². The van der Waals surface area contributed by atoms with Crippen molar-refractivity contribution in [1.82, 2.24) is 9.97 Å². The van der Waals surface area contributed by atoms with Crippen molar-refractivity contribution in [2.75, 3.05) is 0 Å². The number of benzene rings is 1. The first-order valence-corrected chi connectivity index (χ1v) is 5.44. The molecule has 0 spiro atoms. The maximum atomic E-state index is 5.91. The van der Waals surface area contributed by atoms with E-state index in [-0.39, 0.29) is 0 Å². The molecule has 3 nitrogen and oxygen atoms in total. The van der Waals surface area contributed by atoms with Gasteiger partial charge in [0.2, 0.25) is 0 Å². The first kappa shape index (κ1) is 11.6. The van der Waals surface area contributed by atoms with Gasteiger partial charge in [-0.1, -0.05) is 18.2 Å². The van der Waals surface area contributed by atoms with Gasteiger partial charge in [0.1, 0.15) is 5.75 Å². The smallest absolute Gasteiger partial charge is 0.137 e. The van der Waals surface area contributed by atoms with Crippen LogP contribution in [-0.2, 0) is 0 Å². The number of halogens is 1. The van der Waals surface area contributed by atoms with Crippen molar-refractivity contribution in [1.29, 1.82) is 0 Å². The Hall–Kier alpha value is -1.87. The molecule has 0 fully saturated rings. The van der Waals surface area contributed by atoms with Crippen LogP contribution in [-0.4, -0.2) is 9.97 Å². The molecule has 0 unspecified atom stereocenters. The van der Waals surface area contributed by atoms with E-state index in [1.165, 1.54) is 6.26 Å². The number of hydrogen-bond acceptors (Lipinski definition) is 3. The number of ether oxygens (including phenoxy) is 1. The maximum Gasteiger partial charge on any atom is 0.137 e. The van der Waals surface area contributed by atoms with Gasteiger partial charge in [0.15, 0.2) is 0 Å². The molecule has 0 saturated heterocycles. The Morgan fingerprint density at radius 3 is 2.76 bits per heavy atom. The first-order valence-electron chi connectivity index (χ1n) is 5.07. The lowest BCUT2D eigenvalue weighted by atomic mass is 10.1. The standard InChI is InChI=1S/C13H11ClN2O/c1-3-17-13-6-10(14)4-5-11(13)12-8-15-9(2)7-16-12/h3-8H,1H2,2H3. The van der Waals surface area contributed by atoms with Crippen LogP contribution in [0.5, 0.6) is 5.75 Å². The van der Waals surface area contributed by atoms with Crippen LogP contribution >= 0.6 is 11.6 Å². The molecular weight excluding hydrogens is 236 g/mol. The van der Waals surface area contributed by atoms with Gasteiger partial charge < -0.3 is 4.74 Å².